The molecule has 1 N–H and O–H groups in total. The minimum Gasteiger partial charge on any atom is -0.493 e. The lowest BCUT2D eigenvalue weighted by Gasteiger charge is -2.12. The molecule has 3 heterocycles. The number of benzene rings is 2. The number of nitrogens with zero attached hydrogens (tertiary/aromatic N) is 4. The Balaban J connectivity index is 1.49. The van der Waals surface area contributed by atoms with E-state index < -0.39 is 0 Å². The molecule has 27 heavy (non-hydrogen) atoms. The van der Waals surface area contributed by atoms with E-state index >= 15 is 0 Å². The number of ether oxygens (including phenoxy) is 1. The summed E-state index contributed by atoms with van der Waals surface area (Å²) >= 11 is 0. The van der Waals surface area contributed by atoms with E-state index in [1.54, 1.807) is 35.1 Å². The van der Waals surface area contributed by atoms with E-state index in [4.69, 9.17) is 4.74 Å². The van der Waals surface area contributed by atoms with Gasteiger partial charge in [0.1, 0.15) is 17.9 Å². The molecule has 0 amide bonds. The van der Waals surface area contributed by atoms with Gasteiger partial charge in [0.25, 0.3) is 0 Å². The molecule has 7 heteroatoms. The largest absolute Gasteiger partial charge is 0.493 e. The molecule has 0 unspecified atom stereocenters. The zero-order chi connectivity index (χ0) is 18.2. The third-order valence-electron chi connectivity index (χ3n) is 4.77. The van der Waals surface area contributed by atoms with Gasteiger partial charge in [-0.15, -0.1) is 10.2 Å². The SMILES string of the molecule is Fc1ccccc1-c1cnc(NCc2cccc3c2CCO3)n2cnnc12. The highest BCUT2D eigenvalue weighted by Gasteiger charge is 2.17. The minimum absolute atomic E-state index is 0.315. The lowest BCUT2D eigenvalue weighted by molar-refractivity contribution is 0.357. The van der Waals surface area contributed by atoms with Gasteiger partial charge in [-0.1, -0.05) is 30.3 Å². The standard InChI is InChI=1S/C20H16FN5O/c21-17-6-2-1-5-15(17)16-11-23-20(26-12-24-25-19(16)26)22-10-13-4-3-7-18-14(13)8-9-27-18/h1-7,11-12H,8-10H2,(H,22,23). The van der Waals surface area contributed by atoms with Crippen LogP contribution in [0.25, 0.3) is 16.8 Å². The van der Waals surface area contributed by atoms with E-state index in [-0.39, 0.29) is 5.82 Å². The zero-order valence-electron chi connectivity index (χ0n) is 14.4. The Kier molecular flexibility index (Phi) is 3.71. The first-order valence-electron chi connectivity index (χ1n) is 8.72. The van der Waals surface area contributed by atoms with Crippen molar-refractivity contribution >= 4 is 11.6 Å². The van der Waals surface area contributed by atoms with Crippen molar-refractivity contribution in [1.29, 1.82) is 0 Å². The van der Waals surface area contributed by atoms with Crippen molar-refractivity contribution in [3.8, 4) is 16.9 Å². The van der Waals surface area contributed by atoms with Gasteiger partial charge in [-0.25, -0.2) is 9.37 Å². The molecule has 1 aliphatic heterocycles. The van der Waals surface area contributed by atoms with Gasteiger partial charge < -0.3 is 10.1 Å². The zero-order valence-corrected chi connectivity index (χ0v) is 14.4. The number of halogens is 1. The predicted molar refractivity (Wildman–Crippen MR) is 99.1 cm³/mol. The summed E-state index contributed by atoms with van der Waals surface area (Å²) < 4.78 is 21.6. The molecule has 0 saturated heterocycles. The fourth-order valence-electron chi connectivity index (χ4n) is 3.45. The maximum Gasteiger partial charge on any atom is 0.210 e. The smallest absolute Gasteiger partial charge is 0.210 e. The Morgan fingerprint density at radius 2 is 2.04 bits per heavy atom. The van der Waals surface area contributed by atoms with Gasteiger partial charge in [0.15, 0.2) is 5.65 Å². The monoisotopic (exact) mass is 361 g/mol. The Bertz CT molecular complexity index is 1140. The Hall–Kier alpha value is -3.48. The van der Waals surface area contributed by atoms with Crippen molar-refractivity contribution in [2.24, 2.45) is 0 Å². The maximum atomic E-state index is 14.2. The van der Waals surface area contributed by atoms with Gasteiger partial charge in [-0.3, -0.25) is 4.40 Å². The molecule has 0 radical (unpaired) electrons. The molecular formula is C20H16FN5O. The summed E-state index contributed by atoms with van der Waals surface area (Å²) in [6, 6.07) is 12.6. The summed E-state index contributed by atoms with van der Waals surface area (Å²) in [5.41, 5.74) is 4.01. The van der Waals surface area contributed by atoms with Crippen LogP contribution >= 0.6 is 0 Å². The number of hydrogen-bond donors (Lipinski definition) is 1. The van der Waals surface area contributed by atoms with Crippen LogP contribution in [0, 0.1) is 5.82 Å². The number of rotatable bonds is 4. The molecule has 1 aliphatic rings. The number of nitrogens with one attached hydrogen (secondary N) is 1. The quantitative estimate of drug-likeness (QED) is 0.603. The van der Waals surface area contributed by atoms with Crippen molar-refractivity contribution in [2.75, 3.05) is 11.9 Å². The highest BCUT2D eigenvalue weighted by atomic mass is 19.1. The van der Waals surface area contributed by atoms with Crippen LogP contribution in [-0.2, 0) is 13.0 Å². The summed E-state index contributed by atoms with van der Waals surface area (Å²) in [5.74, 6) is 1.24. The van der Waals surface area contributed by atoms with Crippen LogP contribution in [0.5, 0.6) is 5.75 Å². The van der Waals surface area contributed by atoms with Crippen LogP contribution in [0.15, 0.2) is 55.0 Å². The van der Waals surface area contributed by atoms with E-state index in [1.165, 1.54) is 17.2 Å². The average Bonchev–Trinajstić information content (AvgIpc) is 3.36. The second-order valence-electron chi connectivity index (χ2n) is 6.35. The summed E-state index contributed by atoms with van der Waals surface area (Å²) in [4.78, 5) is 4.48. The molecule has 2 aromatic heterocycles. The molecule has 0 saturated carbocycles. The number of aromatic nitrogens is 4. The van der Waals surface area contributed by atoms with Gasteiger partial charge >= 0.3 is 0 Å². The minimum atomic E-state index is -0.315. The predicted octanol–water partition coefficient (Wildman–Crippen LogP) is 3.48. The van der Waals surface area contributed by atoms with E-state index in [2.05, 4.69) is 26.6 Å². The van der Waals surface area contributed by atoms with Gasteiger partial charge in [-0.05, 0) is 17.7 Å². The van der Waals surface area contributed by atoms with E-state index in [1.807, 2.05) is 12.1 Å². The van der Waals surface area contributed by atoms with E-state index in [9.17, 15) is 4.39 Å². The third-order valence-corrected chi connectivity index (χ3v) is 4.77. The van der Waals surface area contributed by atoms with Gasteiger partial charge in [-0.2, -0.15) is 0 Å². The average molecular weight is 361 g/mol. The Labute approximate surface area is 154 Å². The molecule has 5 rings (SSSR count). The first-order valence-corrected chi connectivity index (χ1v) is 8.72. The van der Waals surface area contributed by atoms with Crippen molar-refractivity contribution in [1.82, 2.24) is 19.6 Å². The topological polar surface area (TPSA) is 64.3 Å². The summed E-state index contributed by atoms with van der Waals surface area (Å²) in [6.45, 7) is 1.32. The van der Waals surface area contributed by atoms with Crippen LogP contribution in [-0.4, -0.2) is 26.2 Å². The van der Waals surface area contributed by atoms with Crippen LogP contribution in [0.3, 0.4) is 0 Å². The van der Waals surface area contributed by atoms with Crippen LogP contribution in [0.1, 0.15) is 11.1 Å². The normalized spacial score (nSPS) is 12.8. The molecule has 0 aliphatic carbocycles. The number of anilines is 1. The molecule has 0 spiro atoms. The molecule has 0 atom stereocenters. The second-order valence-corrected chi connectivity index (χ2v) is 6.35. The molecule has 0 fully saturated rings. The highest BCUT2D eigenvalue weighted by Crippen LogP contribution is 2.29. The number of hydrogen-bond acceptors (Lipinski definition) is 5. The third kappa shape index (κ3) is 2.68. The fourth-order valence-corrected chi connectivity index (χ4v) is 3.45. The van der Waals surface area contributed by atoms with Gasteiger partial charge in [0, 0.05) is 35.9 Å². The van der Waals surface area contributed by atoms with Crippen LogP contribution in [0.2, 0.25) is 0 Å². The van der Waals surface area contributed by atoms with Crippen molar-refractivity contribution in [3.05, 3.63) is 71.9 Å². The lowest BCUT2D eigenvalue weighted by Crippen LogP contribution is -2.08. The second kappa shape index (κ2) is 6.35. The Morgan fingerprint density at radius 3 is 2.96 bits per heavy atom. The lowest BCUT2D eigenvalue weighted by atomic mass is 10.1. The summed E-state index contributed by atoms with van der Waals surface area (Å²) in [6.07, 6.45) is 4.12. The van der Waals surface area contributed by atoms with E-state index in [0.717, 1.165) is 18.8 Å². The van der Waals surface area contributed by atoms with Crippen LogP contribution < -0.4 is 10.1 Å². The molecule has 4 aromatic rings. The molecule has 6 nitrogen and oxygen atoms in total. The highest BCUT2D eigenvalue weighted by molar-refractivity contribution is 5.77. The van der Waals surface area contributed by atoms with Gasteiger partial charge in [0.2, 0.25) is 5.95 Å². The molecular weight excluding hydrogens is 345 g/mol. The fraction of sp³-hybridized carbons (Fsp3) is 0.150. The van der Waals surface area contributed by atoms with Gasteiger partial charge in [0.05, 0.1) is 6.61 Å². The van der Waals surface area contributed by atoms with E-state index in [0.29, 0.717) is 29.3 Å². The summed E-state index contributed by atoms with van der Waals surface area (Å²) in [7, 11) is 0. The first-order chi connectivity index (χ1) is 13.3. The van der Waals surface area contributed by atoms with Crippen molar-refractivity contribution < 1.29 is 9.13 Å². The maximum absolute atomic E-state index is 14.2. The van der Waals surface area contributed by atoms with Crippen molar-refractivity contribution in [3.63, 3.8) is 0 Å². The molecule has 2 aromatic carbocycles. The molecule has 0 bridgehead atoms. The first kappa shape index (κ1) is 15.7. The molecule has 134 valence electrons. The summed E-state index contributed by atoms with van der Waals surface area (Å²) in [5, 5.41) is 11.5. The number of fused-ring (bicyclic) bond motifs is 2. The Morgan fingerprint density at radius 1 is 1.11 bits per heavy atom. The van der Waals surface area contributed by atoms with Crippen LogP contribution in [0.4, 0.5) is 10.3 Å². The van der Waals surface area contributed by atoms with Crippen molar-refractivity contribution in [2.45, 2.75) is 13.0 Å².